The van der Waals surface area contributed by atoms with Crippen LogP contribution in [0.3, 0.4) is 0 Å². The van der Waals surface area contributed by atoms with E-state index in [4.69, 9.17) is 0 Å². The molecule has 0 unspecified atom stereocenters. The Hall–Kier alpha value is -1.48. The van der Waals surface area contributed by atoms with Gasteiger partial charge < -0.3 is 14.8 Å². The van der Waals surface area contributed by atoms with Crippen LogP contribution < -0.4 is 10.2 Å². The van der Waals surface area contributed by atoms with Gasteiger partial charge in [0.1, 0.15) is 5.82 Å². The Labute approximate surface area is 138 Å². The minimum absolute atomic E-state index is 0.799. The number of aromatic nitrogens is 1. The quantitative estimate of drug-likeness (QED) is 0.917. The zero-order valence-electron chi connectivity index (χ0n) is 14.1. The van der Waals surface area contributed by atoms with Gasteiger partial charge in [0.25, 0.3) is 0 Å². The predicted octanol–water partition coefficient (Wildman–Crippen LogP) is 3.42. The molecule has 3 nitrogen and oxygen atoms in total. The molecule has 1 N–H and O–H groups in total. The van der Waals surface area contributed by atoms with Gasteiger partial charge in [0.15, 0.2) is 0 Å². The number of hydrogen-bond donors (Lipinski definition) is 1. The monoisotopic (exact) mass is 309 g/mol. The summed E-state index contributed by atoms with van der Waals surface area (Å²) < 4.78 is 2.52. The summed E-state index contributed by atoms with van der Waals surface area (Å²) in [5.41, 5.74) is 4.76. The fraction of sp³-hybridized carbons (Fsp3) is 0.600. The van der Waals surface area contributed by atoms with E-state index >= 15 is 0 Å². The highest BCUT2D eigenvalue weighted by atomic mass is 15.3. The van der Waals surface area contributed by atoms with Gasteiger partial charge in [-0.05, 0) is 62.6 Å². The molecule has 122 valence electrons. The Balaban J connectivity index is 1.63. The molecule has 0 spiro atoms. The number of nitrogens with one attached hydrogen (secondary N) is 1. The average Bonchev–Trinajstić information content (AvgIpc) is 2.93. The summed E-state index contributed by atoms with van der Waals surface area (Å²) in [5.74, 6) is 3.18. The van der Waals surface area contributed by atoms with Crippen molar-refractivity contribution in [3.8, 4) is 0 Å². The highest BCUT2D eigenvalue weighted by Crippen LogP contribution is 2.48. The van der Waals surface area contributed by atoms with Gasteiger partial charge in [0.05, 0.1) is 5.52 Å². The number of anilines is 1. The third kappa shape index (κ3) is 2.06. The van der Waals surface area contributed by atoms with E-state index in [-0.39, 0.29) is 0 Å². The molecule has 23 heavy (non-hydrogen) atoms. The van der Waals surface area contributed by atoms with Crippen molar-refractivity contribution < 1.29 is 0 Å². The number of aryl methyl sites for hydroxylation is 1. The number of nitrogens with zero attached hydrogens (tertiary/aromatic N) is 2. The Morgan fingerprint density at radius 1 is 1.09 bits per heavy atom. The van der Waals surface area contributed by atoms with Crippen molar-refractivity contribution in [2.45, 2.75) is 38.0 Å². The first-order valence-electron chi connectivity index (χ1n) is 9.39. The lowest BCUT2D eigenvalue weighted by Gasteiger charge is -2.41. The number of fused-ring (bicyclic) bond motifs is 3. The van der Waals surface area contributed by atoms with E-state index in [1.165, 1.54) is 69.6 Å². The fourth-order valence-corrected chi connectivity index (χ4v) is 5.34. The van der Waals surface area contributed by atoms with Gasteiger partial charge in [0, 0.05) is 31.1 Å². The van der Waals surface area contributed by atoms with Crippen molar-refractivity contribution >= 4 is 16.7 Å². The minimum atomic E-state index is 0.799. The molecule has 4 aliphatic heterocycles. The largest absolute Gasteiger partial charge is 0.358 e. The number of hydrogen-bond acceptors (Lipinski definition) is 2. The van der Waals surface area contributed by atoms with Crippen molar-refractivity contribution in [2.24, 2.45) is 13.0 Å². The first-order valence-corrected chi connectivity index (χ1v) is 9.39. The second-order valence-corrected chi connectivity index (χ2v) is 7.77. The van der Waals surface area contributed by atoms with Crippen LogP contribution in [0.2, 0.25) is 0 Å². The molecule has 2 saturated heterocycles. The Morgan fingerprint density at radius 3 is 2.65 bits per heavy atom. The maximum atomic E-state index is 3.50. The second-order valence-electron chi connectivity index (χ2n) is 7.77. The Kier molecular flexibility index (Phi) is 3.19. The summed E-state index contributed by atoms with van der Waals surface area (Å²) in [6, 6.07) is 7.06. The Morgan fingerprint density at radius 2 is 1.87 bits per heavy atom. The van der Waals surface area contributed by atoms with Crippen LogP contribution in [0.25, 0.3) is 10.9 Å². The average molecular weight is 309 g/mol. The van der Waals surface area contributed by atoms with Crippen molar-refractivity contribution in [2.75, 3.05) is 31.1 Å². The molecule has 1 aromatic heterocycles. The van der Waals surface area contributed by atoms with Crippen LogP contribution >= 0.6 is 0 Å². The van der Waals surface area contributed by atoms with Gasteiger partial charge in [-0.2, -0.15) is 0 Å². The van der Waals surface area contributed by atoms with Crippen molar-refractivity contribution in [3.05, 3.63) is 29.3 Å². The second kappa shape index (κ2) is 5.27. The van der Waals surface area contributed by atoms with E-state index in [0.29, 0.717) is 0 Å². The summed E-state index contributed by atoms with van der Waals surface area (Å²) in [6.07, 6.45) is 6.61. The predicted molar refractivity (Wildman–Crippen MR) is 96.4 cm³/mol. The van der Waals surface area contributed by atoms with Crippen LogP contribution in [0.4, 0.5) is 5.82 Å². The summed E-state index contributed by atoms with van der Waals surface area (Å²) >= 11 is 0. The molecule has 2 fully saturated rings. The molecule has 3 heteroatoms. The van der Waals surface area contributed by atoms with Crippen LogP contribution in [0.1, 0.15) is 42.7 Å². The molecule has 1 aromatic carbocycles. The van der Waals surface area contributed by atoms with Gasteiger partial charge in [-0.25, -0.2) is 0 Å². The summed E-state index contributed by atoms with van der Waals surface area (Å²) in [7, 11) is 2.30. The summed E-state index contributed by atoms with van der Waals surface area (Å²) in [5, 5.41) is 5.04. The van der Waals surface area contributed by atoms with Crippen LogP contribution in [0.5, 0.6) is 0 Å². The number of para-hydroxylation sites is 1. The van der Waals surface area contributed by atoms with E-state index in [2.05, 4.69) is 40.0 Å². The number of piperidine rings is 2. The zero-order valence-corrected chi connectivity index (χ0v) is 14.1. The normalized spacial score (nSPS) is 22.0. The van der Waals surface area contributed by atoms with Crippen LogP contribution in [0.15, 0.2) is 18.2 Å². The molecule has 0 aliphatic carbocycles. The highest BCUT2D eigenvalue weighted by molar-refractivity contribution is 5.94. The van der Waals surface area contributed by atoms with Crippen molar-refractivity contribution in [1.29, 1.82) is 0 Å². The fourth-order valence-electron chi connectivity index (χ4n) is 5.34. The van der Waals surface area contributed by atoms with E-state index in [9.17, 15) is 0 Å². The lowest BCUT2D eigenvalue weighted by atomic mass is 9.83. The lowest BCUT2D eigenvalue weighted by Crippen LogP contribution is -2.39. The van der Waals surface area contributed by atoms with Gasteiger partial charge in [-0.3, -0.25) is 0 Å². The zero-order chi connectivity index (χ0) is 15.4. The first-order chi connectivity index (χ1) is 11.3. The molecular formula is C20H27N3. The molecule has 4 aliphatic rings. The molecule has 6 rings (SSSR count). The van der Waals surface area contributed by atoms with E-state index in [0.717, 1.165) is 11.8 Å². The van der Waals surface area contributed by atoms with E-state index in [1.807, 2.05) is 0 Å². The van der Waals surface area contributed by atoms with Gasteiger partial charge in [-0.1, -0.05) is 18.2 Å². The smallest absolute Gasteiger partial charge is 0.112 e. The third-order valence-electron chi connectivity index (χ3n) is 6.47. The lowest BCUT2D eigenvalue weighted by molar-refractivity contribution is 0.373. The molecular weight excluding hydrogens is 282 g/mol. The van der Waals surface area contributed by atoms with E-state index in [1.54, 1.807) is 16.5 Å². The minimum Gasteiger partial charge on any atom is -0.358 e. The van der Waals surface area contributed by atoms with Crippen molar-refractivity contribution in [3.63, 3.8) is 0 Å². The Bertz CT molecular complexity index is 731. The van der Waals surface area contributed by atoms with Gasteiger partial charge in [0.2, 0.25) is 0 Å². The molecule has 0 radical (unpaired) electrons. The van der Waals surface area contributed by atoms with Gasteiger partial charge >= 0.3 is 0 Å². The molecule has 0 amide bonds. The van der Waals surface area contributed by atoms with E-state index < -0.39 is 0 Å². The molecule has 0 atom stereocenters. The molecule has 0 saturated carbocycles. The van der Waals surface area contributed by atoms with Crippen LogP contribution in [-0.2, 0) is 13.5 Å². The topological polar surface area (TPSA) is 20.2 Å². The van der Waals surface area contributed by atoms with Crippen molar-refractivity contribution in [1.82, 2.24) is 9.88 Å². The number of rotatable bonds is 2. The molecule has 2 aromatic rings. The van der Waals surface area contributed by atoms with Gasteiger partial charge in [-0.15, -0.1) is 0 Å². The molecule has 5 heterocycles. The maximum absolute atomic E-state index is 3.50. The number of benzene rings is 1. The molecule has 2 bridgehead atoms. The SMILES string of the molecule is Cn1c2c(c3cccc(CC4CCNCC4)c31)C1CCN2CC1. The highest BCUT2D eigenvalue weighted by Gasteiger charge is 2.35. The van der Waals surface area contributed by atoms with Crippen LogP contribution in [-0.4, -0.2) is 30.7 Å². The maximum Gasteiger partial charge on any atom is 0.112 e. The summed E-state index contributed by atoms with van der Waals surface area (Å²) in [4.78, 5) is 2.63. The van der Waals surface area contributed by atoms with Crippen LogP contribution in [0, 0.1) is 5.92 Å². The first kappa shape index (κ1) is 13.9. The standard InChI is InChI=1S/C20H27N3/c1-22-19-16(13-14-5-9-21-10-6-14)3-2-4-17(19)18-15-7-11-23(12-8-15)20(18)22/h2-4,14-15,21H,5-13H2,1H3. The third-order valence-corrected chi connectivity index (χ3v) is 6.47. The summed E-state index contributed by atoms with van der Waals surface area (Å²) in [6.45, 7) is 4.90.